The third-order valence-corrected chi connectivity index (χ3v) is 1.36. The molecule has 1 aromatic heterocycles. The summed E-state index contributed by atoms with van der Waals surface area (Å²) in [6.45, 7) is 0. The number of hydrogen-bond acceptors (Lipinski definition) is 3. The molecule has 1 aromatic rings. The highest BCUT2D eigenvalue weighted by Crippen LogP contribution is 2.01. The molecule has 0 bridgehead atoms. The fraction of sp³-hybridized carbons (Fsp3) is 0.125. The number of pyridine rings is 1. The molecular formula is C8H7N3O. The molecule has 2 N–H and O–H groups in total. The maximum atomic E-state index is 10.7. The van der Waals surface area contributed by atoms with E-state index in [-0.39, 0.29) is 6.42 Å². The van der Waals surface area contributed by atoms with Gasteiger partial charge >= 0.3 is 0 Å². The quantitative estimate of drug-likeness (QED) is 0.674. The third-order valence-electron chi connectivity index (χ3n) is 1.36. The second-order valence-corrected chi connectivity index (χ2v) is 2.28. The minimum atomic E-state index is -0.526. The van der Waals surface area contributed by atoms with Crippen LogP contribution in [0.15, 0.2) is 18.5 Å². The van der Waals surface area contributed by atoms with Crippen LogP contribution in [-0.4, -0.2) is 10.9 Å². The molecule has 4 nitrogen and oxygen atoms in total. The molecule has 1 rings (SSSR count). The SMILES string of the molecule is N#CCc1cncc(C(N)=O)c1. The van der Waals surface area contributed by atoms with Crippen LogP contribution in [0.1, 0.15) is 15.9 Å². The molecule has 0 aliphatic heterocycles. The van der Waals surface area contributed by atoms with Gasteiger partial charge in [0, 0.05) is 12.4 Å². The molecule has 0 saturated carbocycles. The lowest BCUT2D eigenvalue weighted by Gasteiger charge is -1.96. The van der Waals surface area contributed by atoms with E-state index in [1.807, 2.05) is 6.07 Å². The number of nitrogens with zero attached hydrogens (tertiary/aromatic N) is 2. The van der Waals surface area contributed by atoms with Gasteiger partial charge in [-0.15, -0.1) is 0 Å². The summed E-state index contributed by atoms with van der Waals surface area (Å²) in [5.74, 6) is -0.526. The van der Waals surface area contributed by atoms with Gasteiger partial charge in [-0.05, 0) is 11.6 Å². The molecular weight excluding hydrogens is 154 g/mol. The molecule has 0 atom stereocenters. The van der Waals surface area contributed by atoms with Crippen LogP contribution in [0.2, 0.25) is 0 Å². The number of carbonyl (C=O) groups excluding carboxylic acids is 1. The molecule has 12 heavy (non-hydrogen) atoms. The Kier molecular flexibility index (Phi) is 2.38. The number of amides is 1. The minimum absolute atomic E-state index is 0.244. The highest BCUT2D eigenvalue weighted by molar-refractivity contribution is 5.92. The van der Waals surface area contributed by atoms with Crippen LogP contribution < -0.4 is 5.73 Å². The average Bonchev–Trinajstić information content (AvgIpc) is 2.05. The molecule has 1 heterocycles. The summed E-state index contributed by atoms with van der Waals surface area (Å²) in [6, 6.07) is 3.53. The second-order valence-electron chi connectivity index (χ2n) is 2.28. The molecule has 4 heteroatoms. The summed E-state index contributed by atoms with van der Waals surface area (Å²) >= 11 is 0. The molecule has 0 aliphatic carbocycles. The van der Waals surface area contributed by atoms with Gasteiger partial charge in [0.25, 0.3) is 0 Å². The molecule has 60 valence electrons. The predicted molar refractivity (Wildman–Crippen MR) is 42.1 cm³/mol. The summed E-state index contributed by atoms with van der Waals surface area (Å²) in [5, 5.41) is 8.36. The van der Waals surface area contributed by atoms with Crippen LogP contribution in [0.25, 0.3) is 0 Å². The van der Waals surface area contributed by atoms with E-state index in [0.717, 1.165) is 0 Å². The average molecular weight is 161 g/mol. The Hall–Kier alpha value is -1.89. The molecule has 0 aromatic carbocycles. The number of nitriles is 1. The third kappa shape index (κ3) is 1.80. The van der Waals surface area contributed by atoms with Gasteiger partial charge < -0.3 is 5.73 Å². The van der Waals surface area contributed by atoms with E-state index in [0.29, 0.717) is 11.1 Å². The van der Waals surface area contributed by atoms with E-state index in [1.54, 1.807) is 6.07 Å². The van der Waals surface area contributed by atoms with Gasteiger partial charge in [0.05, 0.1) is 18.1 Å². The van der Waals surface area contributed by atoms with Crippen molar-refractivity contribution in [2.75, 3.05) is 0 Å². The summed E-state index contributed by atoms with van der Waals surface area (Å²) in [6.07, 6.45) is 3.16. The lowest BCUT2D eigenvalue weighted by atomic mass is 10.1. The van der Waals surface area contributed by atoms with Crippen molar-refractivity contribution in [1.29, 1.82) is 5.26 Å². The zero-order valence-corrected chi connectivity index (χ0v) is 6.32. The number of hydrogen-bond donors (Lipinski definition) is 1. The Balaban J connectivity index is 2.97. The van der Waals surface area contributed by atoms with Gasteiger partial charge in [-0.1, -0.05) is 0 Å². The van der Waals surface area contributed by atoms with E-state index in [9.17, 15) is 4.79 Å². The summed E-state index contributed by atoms with van der Waals surface area (Å²) < 4.78 is 0. The minimum Gasteiger partial charge on any atom is -0.366 e. The first-order chi connectivity index (χ1) is 5.74. The van der Waals surface area contributed by atoms with Crippen LogP contribution >= 0.6 is 0 Å². The largest absolute Gasteiger partial charge is 0.366 e. The van der Waals surface area contributed by atoms with Gasteiger partial charge in [-0.2, -0.15) is 5.26 Å². The summed E-state index contributed by atoms with van der Waals surface area (Å²) in [4.78, 5) is 14.4. The van der Waals surface area contributed by atoms with E-state index >= 15 is 0 Å². The van der Waals surface area contributed by atoms with Gasteiger partial charge in [0.1, 0.15) is 0 Å². The highest BCUT2D eigenvalue weighted by atomic mass is 16.1. The van der Waals surface area contributed by atoms with Crippen molar-refractivity contribution in [1.82, 2.24) is 4.98 Å². The van der Waals surface area contributed by atoms with Crippen LogP contribution in [0.4, 0.5) is 0 Å². The molecule has 0 saturated heterocycles. The molecule has 0 aliphatic rings. The highest BCUT2D eigenvalue weighted by Gasteiger charge is 2.00. The first-order valence-electron chi connectivity index (χ1n) is 3.34. The van der Waals surface area contributed by atoms with E-state index < -0.39 is 5.91 Å². The fourth-order valence-corrected chi connectivity index (χ4v) is 0.810. The first-order valence-corrected chi connectivity index (χ1v) is 3.34. The molecule has 0 fully saturated rings. The van der Waals surface area contributed by atoms with Crippen molar-refractivity contribution < 1.29 is 4.79 Å². The summed E-state index contributed by atoms with van der Waals surface area (Å²) in [7, 11) is 0. The number of rotatable bonds is 2. The topological polar surface area (TPSA) is 79.8 Å². The Bertz CT molecular complexity index is 340. The Morgan fingerprint density at radius 3 is 3.00 bits per heavy atom. The van der Waals surface area contributed by atoms with E-state index in [4.69, 9.17) is 11.0 Å². The van der Waals surface area contributed by atoms with Crippen LogP contribution in [0.3, 0.4) is 0 Å². The molecule has 0 radical (unpaired) electrons. The Morgan fingerprint density at radius 2 is 2.42 bits per heavy atom. The zero-order chi connectivity index (χ0) is 8.97. The molecule has 0 spiro atoms. The van der Waals surface area contributed by atoms with Gasteiger partial charge in [-0.3, -0.25) is 9.78 Å². The van der Waals surface area contributed by atoms with Crippen molar-refractivity contribution in [3.63, 3.8) is 0 Å². The van der Waals surface area contributed by atoms with Crippen molar-refractivity contribution in [2.45, 2.75) is 6.42 Å². The monoisotopic (exact) mass is 161 g/mol. The van der Waals surface area contributed by atoms with Crippen molar-refractivity contribution in [3.8, 4) is 6.07 Å². The molecule has 1 amide bonds. The van der Waals surface area contributed by atoms with Gasteiger partial charge in [-0.25, -0.2) is 0 Å². The van der Waals surface area contributed by atoms with Crippen LogP contribution in [0.5, 0.6) is 0 Å². The van der Waals surface area contributed by atoms with Crippen LogP contribution in [-0.2, 0) is 6.42 Å². The van der Waals surface area contributed by atoms with Crippen LogP contribution in [0, 0.1) is 11.3 Å². The van der Waals surface area contributed by atoms with Crippen molar-refractivity contribution >= 4 is 5.91 Å². The van der Waals surface area contributed by atoms with Gasteiger partial charge in [0.2, 0.25) is 5.91 Å². The van der Waals surface area contributed by atoms with E-state index in [2.05, 4.69) is 4.98 Å². The second kappa shape index (κ2) is 3.49. The Morgan fingerprint density at radius 1 is 1.67 bits per heavy atom. The van der Waals surface area contributed by atoms with Gasteiger partial charge in [0.15, 0.2) is 0 Å². The Labute approximate surface area is 69.6 Å². The first kappa shape index (κ1) is 8.21. The summed E-state index contributed by atoms with van der Waals surface area (Å²) in [5.41, 5.74) is 6.06. The number of aromatic nitrogens is 1. The fourth-order valence-electron chi connectivity index (χ4n) is 0.810. The number of primary amides is 1. The normalized spacial score (nSPS) is 8.92. The smallest absolute Gasteiger partial charge is 0.250 e. The lowest BCUT2D eigenvalue weighted by Crippen LogP contribution is -2.11. The van der Waals surface area contributed by atoms with Crippen molar-refractivity contribution in [2.24, 2.45) is 5.73 Å². The number of carbonyl (C=O) groups is 1. The predicted octanol–water partition coefficient (Wildman–Crippen LogP) is 0.247. The maximum absolute atomic E-state index is 10.7. The molecule has 0 unspecified atom stereocenters. The number of nitrogens with two attached hydrogens (primary N) is 1. The maximum Gasteiger partial charge on any atom is 0.250 e. The standard InChI is InChI=1S/C8H7N3O/c9-2-1-6-3-7(8(10)12)5-11-4-6/h3-5H,1H2,(H2,10,12). The lowest BCUT2D eigenvalue weighted by molar-refractivity contribution is 0.1000. The van der Waals surface area contributed by atoms with E-state index in [1.165, 1.54) is 12.4 Å². The zero-order valence-electron chi connectivity index (χ0n) is 6.32. The van der Waals surface area contributed by atoms with Crippen molar-refractivity contribution in [3.05, 3.63) is 29.6 Å².